The van der Waals surface area contributed by atoms with Gasteiger partial charge in [-0.3, -0.25) is 9.59 Å². The van der Waals surface area contributed by atoms with Crippen LogP contribution >= 0.6 is 0 Å². The SMILES string of the molecule is CN1CC2CCC1C(NC(=O)[C@H]1C[C@H](O)CN1C(=O)[C@H](n1cc(C3CC3)nn1)C(C)(C)C)C2. The maximum absolute atomic E-state index is 13.9. The summed E-state index contributed by atoms with van der Waals surface area (Å²) in [6, 6.07) is -0.781. The van der Waals surface area contributed by atoms with Crippen LogP contribution in [-0.4, -0.2) is 86.1 Å². The molecule has 1 aromatic rings. The Hall–Kier alpha value is -2.00. The van der Waals surface area contributed by atoms with E-state index in [1.54, 1.807) is 9.58 Å². The van der Waals surface area contributed by atoms with E-state index in [0.717, 1.165) is 37.9 Å². The minimum atomic E-state index is -0.700. The number of aliphatic hydroxyl groups is 1. The number of hydrogen-bond donors (Lipinski definition) is 2. The second-order valence-corrected chi connectivity index (χ2v) is 11.9. The number of likely N-dealkylation sites (N-methyl/N-ethyl adjacent to an activating group) is 1. The largest absolute Gasteiger partial charge is 0.391 e. The second-order valence-electron chi connectivity index (χ2n) is 11.9. The number of aliphatic hydroxyl groups excluding tert-OH is 1. The molecule has 182 valence electrons. The van der Waals surface area contributed by atoms with Gasteiger partial charge in [0, 0.05) is 43.7 Å². The van der Waals surface area contributed by atoms with Crippen molar-refractivity contribution in [3.63, 3.8) is 0 Å². The van der Waals surface area contributed by atoms with E-state index in [4.69, 9.17) is 0 Å². The van der Waals surface area contributed by atoms with Gasteiger partial charge in [0.15, 0.2) is 0 Å². The summed E-state index contributed by atoms with van der Waals surface area (Å²) in [5, 5.41) is 22.3. The van der Waals surface area contributed by atoms with E-state index in [1.807, 2.05) is 27.0 Å². The van der Waals surface area contributed by atoms with Crippen LogP contribution in [0.15, 0.2) is 6.20 Å². The first-order valence-electron chi connectivity index (χ1n) is 12.5. The highest BCUT2D eigenvalue weighted by Crippen LogP contribution is 2.40. The van der Waals surface area contributed by atoms with Gasteiger partial charge in [-0.15, -0.1) is 5.10 Å². The first-order valence-corrected chi connectivity index (χ1v) is 12.5. The molecule has 2 aliphatic carbocycles. The summed E-state index contributed by atoms with van der Waals surface area (Å²) in [4.78, 5) is 31.2. The van der Waals surface area contributed by atoms with E-state index >= 15 is 0 Å². The molecule has 3 aliphatic heterocycles. The molecule has 2 amide bonds. The third-order valence-electron chi connectivity index (χ3n) is 8.07. The molecule has 0 aromatic carbocycles. The van der Waals surface area contributed by atoms with Gasteiger partial charge in [0.2, 0.25) is 11.8 Å². The van der Waals surface area contributed by atoms with Crippen molar-refractivity contribution < 1.29 is 14.7 Å². The Morgan fingerprint density at radius 3 is 2.55 bits per heavy atom. The van der Waals surface area contributed by atoms with Gasteiger partial charge < -0.3 is 20.2 Å². The van der Waals surface area contributed by atoms with Gasteiger partial charge in [0.1, 0.15) is 12.1 Å². The molecule has 0 radical (unpaired) electrons. The van der Waals surface area contributed by atoms with Crippen molar-refractivity contribution in [2.75, 3.05) is 20.1 Å². The lowest BCUT2D eigenvalue weighted by Gasteiger charge is -2.49. The van der Waals surface area contributed by atoms with E-state index in [1.165, 1.54) is 6.42 Å². The number of piperidine rings is 2. The maximum Gasteiger partial charge on any atom is 0.248 e. The van der Waals surface area contributed by atoms with Crippen molar-refractivity contribution in [3.8, 4) is 0 Å². The van der Waals surface area contributed by atoms with E-state index < -0.39 is 23.6 Å². The van der Waals surface area contributed by atoms with Gasteiger partial charge in [0.25, 0.3) is 0 Å². The lowest BCUT2D eigenvalue weighted by molar-refractivity contribution is -0.144. The zero-order valence-electron chi connectivity index (χ0n) is 20.3. The van der Waals surface area contributed by atoms with Gasteiger partial charge in [-0.1, -0.05) is 26.0 Å². The van der Waals surface area contributed by atoms with Crippen molar-refractivity contribution in [3.05, 3.63) is 11.9 Å². The molecule has 2 N–H and O–H groups in total. The molecule has 6 rings (SSSR count). The molecule has 5 fully saturated rings. The molecule has 2 bridgehead atoms. The van der Waals surface area contributed by atoms with Crippen LogP contribution in [0, 0.1) is 11.3 Å². The number of nitrogens with zero attached hydrogens (tertiary/aromatic N) is 5. The third kappa shape index (κ3) is 4.41. The number of amides is 2. The molecule has 0 spiro atoms. The summed E-state index contributed by atoms with van der Waals surface area (Å²) >= 11 is 0. The zero-order valence-corrected chi connectivity index (χ0v) is 20.3. The Labute approximate surface area is 195 Å². The molecule has 1 aromatic heterocycles. The normalized spacial score (nSPS) is 33.4. The summed E-state index contributed by atoms with van der Waals surface area (Å²) in [5.41, 5.74) is 0.509. The van der Waals surface area contributed by atoms with Crippen molar-refractivity contribution in [1.82, 2.24) is 30.1 Å². The van der Waals surface area contributed by atoms with E-state index in [-0.39, 0.29) is 30.8 Å². The van der Waals surface area contributed by atoms with E-state index in [2.05, 4.69) is 27.6 Å². The number of aromatic nitrogens is 3. The summed E-state index contributed by atoms with van der Waals surface area (Å²) < 4.78 is 1.67. The van der Waals surface area contributed by atoms with Gasteiger partial charge in [-0.05, 0) is 50.5 Å². The van der Waals surface area contributed by atoms with Crippen LogP contribution < -0.4 is 5.32 Å². The fourth-order valence-electron chi connectivity index (χ4n) is 6.24. The topological polar surface area (TPSA) is 104 Å². The van der Waals surface area contributed by atoms with E-state index in [0.29, 0.717) is 17.9 Å². The molecular weight excluding hydrogens is 420 g/mol. The van der Waals surface area contributed by atoms with Crippen LogP contribution in [0.2, 0.25) is 0 Å². The standard InChI is InChI=1S/C24H38N6O3/c1-24(2,3)21(30-13-18(26-27-30)15-6-7-15)23(33)29-12-16(31)10-20(29)22(32)25-17-9-14-5-8-19(17)28(4)11-14/h13-17,19-21,31H,5-12H2,1-4H3,(H,25,32)/t14?,16-,17?,19?,20+,21-/m0/s1. The molecule has 6 atom stereocenters. The number of carbonyl (C=O) groups is 2. The Morgan fingerprint density at radius 2 is 1.91 bits per heavy atom. The van der Waals surface area contributed by atoms with Crippen LogP contribution in [0.3, 0.4) is 0 Å². The first kappa shape index (κ1) is 22.8. The van der Waals surface area contributed by atoms with Gasteiger partial charge in [-0.2, -0.15) is 0 Å². The van der Waals surface area contributed by atoms with Gasteiger partial charge >= 0.3 is 0 Å². The Bertz CT molecular complexity index is 906. The highest BCUT2D eigenvalue weighted by Gasteiger charge is 2.47. The average Bonchev–Trinajstić information content (AvgIpc) is 3.34. The number of nitrogens with one attached hydrogen (secondary N) is 1. The quantitative estimate of drug-likeness (QED) is 0.690. The lowest BCUT2D eigenvalue weighted by atomic mass is 9.77. The van der Waals surface area contributed by atoms with Crippen molar-refractivity contribution >= 4 is 11.8 Å². The molecule has 5 aliphatic rings. The number of hydrogen-bond acceptors (Lipinski definition) is 6. The third-order valence-corrected chi connectivity index (χ3v) is 8.07. The molecule has 9 heteroatoms. The summed E-state index contributed by atoms with van der Waals surface area (Å²) in [6.45, 7) is 7.28. The van der Waals surface area contributed by atoms with Crippen molar-refractivity contribution in [2.45, 2.75) is 95.5 Å². The molecule has 2 saturated carbocycles. The van der Waals surface area contributed by atoms with Gasteiger partial charge in [0.05, 0.1) is 11.8 Å². The summed E-state index contributed by atoms with van der Waals surface area (Å²) in [7, 11) is 2.13. The van der Waals surface area contributed by atoms with Crippen LogP contribution in [0.5, 0.6) is 0 Å². The number of fused-ring (bicyclic) bond motifs is 3. The molecular formula is C24H38N6O3. The average molecular weight is 459 g/mol. The highest BCUT2D eigenvalue weighted by atomic mass is 16.3. The molecule has 3 saturated heterocycles. The summed E-state index contributed by atoms with van der Waals surface area (Å²) in [6.07, 6.45) is 7.02. The molecule has 9 nitrogen and oxygen atoms in total. The number of carbonyl (C=O) groups excluding carboxylic acids is 2. The number of rotatable bonds is 5. The maximum atomic E-state index is 13.9. The highest BCUT2D eigenvalue weighted by molar-refractivity contribution is 5.90. The van der Waals surface area contributed by atoms with Crippen LogP contribution in [0.1, 0.15) is 76.9 Å². The summed E-state index contributed by atoms with van der Waals surface area (Å²) in [5.74, 6) is 0.755. The Kier molecular flexibility index (Phi) is 5.76. The predicted octanol–water partition coefficient (Wildman–Crippen LogP) is 1.30. The fraction of sp³-hybridized carbons (Fsp3) is 0.833. The smallest absolute Gasteiger partial charge is 0.248 e. The predicted molar refractivity (Wildman–Crippen MR) is 122 cm³/mol. The zero-order chi connectivity index (χ0) is 23.5. The Morgan fingerprint density at radius 1 is 1.15 bits per heavy atom. The molecule has 4 heterocycles. The molecule has 33 heavy (non-hydrogen) atoms. The van der Waals surface area contributed by atoms with Crippen molar-refractivity contribution in [1.29, 1.82) is 0 Å². The monoisotopic (exact) mass is 458 g/mol. The van der Waals surface area contributed by atoms with Crippen LogP contribution in [-0.2, 0) is 9.59 Å². The number of β-amino-alcohol motifs (C(OH)–C–C–N with tert-alkyl or cyclic N) is 1. The minimum Gasteiger partial charge on any atom is -0.391 e. The van der Waals surface area contributed by atoms with Crippen molar-refractivity contribution in [2.24, 2.45) is 11.3 Å². The minimum absolute atomic E-state index is 0.111. The van der Waals surface area contributed by atoms with Crippen LogP contribution in [0.25, 0.3) is 0 Å². The van der Waals surface area contributed by atoms with Gasteiger partial charge in [-0.25, -0.2) is 4.68 Å². The fourth-order valence-corrected chi connectivity index (χ4v) is 6.24. The Balaban J connectivity index is 1.34. The lowest BCUT2D eigenvalue weighted by Crippen LogP contribution is -2.61. The van der Waals surface area contributed by atoms with E-state index in [9.17, 15) is 14.7 Å². The first-order chi connectivity index (χ1) is 15.6. The molecule has 3 unspecified atom stereocenters. The second kappa shape index (κ2) is 8.34. The van der Waals surface area contributed by atoms with Crippen LogP contribution in [0.4, 0.5) is 0 Å². The number of likely N-dealkylation sites (tertiary alicyclic amines) is 1.